The molecule has 0 fully saturated rings. The van der Waals surface area contributed by atoms with Gasteiger partial charge < -0.3 is 0 Å². The van der Waals surface area contributed by atoms with Crippen molar-refractivity contribution in [3.8, 4) is 0 Å². The van der Waals surface area contributed by atoms with Crippen LogP contribution < -0.4 is 0 Å². The van der Waals surface area contributed by atoms with Crippen LogP contribution in [-0.4, -0.2) is 4.98 Å². The summed E-state index contributed by atoms with van der Waals surface area (Å²) in [6.07, 6.45) is 4.15. The molecule has 1 aromatic rings. The highest BCUT2D eigenvalue weighted by Crippen LogP contribution is 2.18. The Morgan fingerprint density at radius 3 is 2.88 bits per heavy atom. The number of aromatic nitrogens is 1. The largest absolute Gasteiger partial charge is 0.253 e. The SMILES string of the molecule is Clc1cn[c]cc1Br. The van der Waals surface area contributed by atoms with Crippen LogP contribution in [0.2, 0.25) is 5.02 Å². The molecule has 1 nitrogen and oxygen atoms in total. The lowest BCUT2D eigenvalue weighted by Crippen LogP contribution is -1.70. The molecule has 1 radical (unpaired) electrons. The molecule has 1 heterocycles. The summed E-state index contributed by atoms with van der Waals surface area (Å²) in [5.41, 5.74) is 0. The highest BCUT2D eigenvalue weighted by atomic mass is 79.9. The average molecular weight is 191 g/mol. The van der Waals surface area contributed by atoms with Crippen molar-refractivity contribution in [2.45, 2.75) is 0 Å². The molecule has 0 N–H and O–H groups in total. The molecular formula is C5H2BrClN. The summed E-state index contributed by atoms with van der Waals surface area (Å²) in [6, 6.07) is 1.67. The molecule has 0 aliphatic carbocycles. The lowest BCUT2D eigenvalue weighted by Gasteiger charge is -1.87. The number of rotatable bonds is 0. The fourth-order valence-electron chi connectivity index (χ4n) is 0.318. The normalized spacial score (nSPS) is 9.25. The van der Waals surface area contributed by atoms with Gasteiger partial charge in [0.15, 0.2) is 0 Å². The third-order valence-corrected chi connectivity index (χ3v) is 1.86. The highest BCUT2D eigenvalue weighted by molar-refractivity contribution is 9.10. The minimum absolute atomic E-state index is 0.615. The highest BCUT2D eigenvalue weighted by Gasteiger charge is 1.90. The molecule has 0 saturated carbocycles. The van der Waals surface area contributed by atoms with Crippen LogP contribution in [-0.2, 0) is 0 Å². The zero-order valence-electron chi connectivity index (χ0n) is 3.86. The first kappa shape index (κ1) is 6.05. The van der Waals surface area contributed by atoms with Gasteiger partial charge in [-0.1, -0.05) is 11.6 Å². The topological polar surface area (TPSA) is 12.9 Å². The van der Waals surface area contributed by atoms with Crippen molar-refractivity contribution in [1.29, 1.82) is 0 Å². The fourth-order valence-corrected chi connectivity index (χ4v) is 0.627. The van der Waals surface area contributed by atoms with Crippen molar-refractivity contribution < 1.29 is 0 Å². The molecular weight excluding hydrogens is 189 g/mol. The Hall–Kier alpha value is -0.0800. The molecule has 8 heavy (non-hydrogen) atoms. The van der Waals surface area contributed by atoms with Crippen molar-refractivity contribution in [3.05, 3.63) is 28.0 Å². The van der Waals surface area contributed by atoms with E-state index in [4.69, 9.17) is 11.6 Å². The maximum absolute atomic E-state index is 5.58. The van der Waals surface area contributed by atoms with Gasteiger partial charge in [-0.05, 0) is 22.0 Å². The standard InChI is InChI=1S/C5H2BrClN/c6-4-1-2-8-3-5(4)7/h1,3H. The molecule has 0 atom stereocenters. The van der Waals surface area contributed by atoms with Gasteiger partial charge in [0.25, 0.3) is 0 Å². The Bertz CT molecular complexity index is 169. The first-order valence-electron chi connectivity index (χ1n) is 1.98. The summed E-state index contributed by atoms with van der Waals surface area (Å²) in [5, 5.41) is 0.615. The molecule has 3 heteroatoms. The van der Waals surface area contributed by atoms with Gasteiger partial charge in [0.2, 0.25) is 0 Å². The monoisotopic (exact) mass is 190 g/mol. The molecule has 41 valence electrons. The van der Waals surface area contributed by atoms with E-state index in [9.17, 15) is 0 Å². The molecule has 0 bridgehead atoms. The smallest absolute Gasteiger partial charge is 0.0898 e. The Labute approximate surface area is 60.8 Å². The van der Waals surface area contributed by atoms with E-state index >= 15 is 0 Å². The summed E-state index contributed by atoms with van der Waals surface area (Å²) >= 11 is 8.77. The Balaban J connectivity index is 3.13. The molecule has 0 amide bonds. The van der Waals surface area contributed by atoms with Crippen LogP contribution in [0.15, 0.2) is 16.7 Å². The number of pyridine rings is 1. The van der Waals surface area contributed by atoms with Crippen LogP contribution >= 0.6 is 27.5 Å². The van der Waals surface area contributed by atoms with E-state index in [0.29, 0.717) is 5.02 Å². The van der Waals surface area contributed by atoms with E-state index in [-0.39, 0.29) is 0 Å². The lowest BCUT2D eigenvalue weighted by molar-refractivity contribution is 1.30. The molecule has 1 aromatic heterocycles. The van der Waals surface area contributed by atoms with Gasteiger partial charge in [-0.25, -0.2) is 0 Å². The first-order chi connectivity index (χ1) is 3.80. The van der Waals surface area contributed by atoms with Gasteiger partial charge in [0, 0.05) is 10.7 Å². The van der Waals surface area contributed by atoms with E-state index in [1.54, 1.807) is 6.07 Å². The number of hydrogen-bond acceptors (Lipinski definition) is 1. The van der Waals surface area contributed by atoms with Crippen molar-refractivity contribution in [1.82, 2.24) is 4.98 Å². The summed E-state index contributed by atoms with van der Waals surface area (Å²) in [7, 11) is 0. The number of hydrogen-bond donors (Lipinski definition) is 0. The second-order valence-electron chi connectivity index (χ2n) is 1.23. The van der Waals surface area contributed by atoms with E-state index in [2.05, 4.69) is 27.1 Å². The predicted octanol–water partition coefficient (Wildman–Crippen LogP) is 2.30. The Kier molecular flexibility index (Phi) is 1.86. The van der Waals surface area contributed by atoms with Crippen LogP contribution in [0.5, 0.6) is 0 Å². The van der Waals surface area contributed by atoms with Gasteiger partial charge in [-0.2, -0.15) is 0 Å². The summed E-state index contributed by atoms with van der Waals surface area (Å²) in [5.74, 6) is 0. The quantitative estimate of drug-likeness (QED) is 0.613. The van der Waals surface area contributed by atoms with Crippen LogP contribution in [0.3, 0.4) is 0 Å². The van der Waals surface area contributed by atoms with E-state index < -0.39 is 0 Å². The van der Waals surface area contributed by atoms with Crippen molar-refractivity contribution in [2.75, 3.05) is 0 Å². The van der Waals surface area contributed by atoms with E-state index in [1.165, 1.54) is 6.20 Å². The average Bonchev–Trinajstić information content (AvgIpc) is 1.77. The fraction of sp³-hybridized carbons (Fsp3) is 0. The second kappa shape index (κ2) is 2.46. The van der Waals surface area contributed by atoms with Gasteiger partial charge in [0.05, 0.1) is 11.2 Å². The molecule has 0 spiro atoms. The lowest BCUT2D eigenvalue weighted by atomic mass is 10.5. The molecule has 0 aliphatic rings. The van der Waals surface area contributed by atoms with E-state index in [0.717, 1.165) is 4.47 Å². The molecule has 1 rings (SSSR count). The molecule has 0 aliphatic heterocycles. The van der Waals surface area contributed by atoms with E-state index in [1.807, 2.05) is 0 Å². The maximum Gasteiger partial charge on any atom is 0.0898 e. The predicted molar refractivity (Wildman–Crippen MR) is 35.8 cm³/mol. The summed E-state index contributed by atoms with van der Waals surface area (Å²) < 4.78 is 0.828. The van der Waals surface area contributed by atoms with Crippen molar-refractivity contribution in [3.63, 3.8) is 0 Å². The summed E-state index contributed by atoms with van der Waals surface area (Å²) in [6.45, 7) is 0. The molecule has 0 aromatic carbocycles. The van der Waals surface area contributed by atoms with Crippen LogP contribution in [0.4, 0.5) is 0 Å². The minimum atomic E-state index is 0.615. The van der Waals surface area contributed by atoms with Gasteiger partial charge in [-0.3, -0.25) is 4.98 Å². The Morgan fingerprint density at radius 2 is 2.50 bits per heavy atom. The number of nitrogens with zero attached hydrogens (tertiary/aromatic N) is 1. The molecule has 0 unspecified atom stereocenters. The molecule has 0 saturated heterocycles. The van der Waals surface area contributed by atoms with Crippen LogP contribution in [0.25, 0.3) is 0 Å². The van der Waals surface area contributed by atoms with Gasteiger partial charge >= 0.3 is 0 Å². The number of halogens is 2. The minimum Gasteiger partial charge on any atom is -0.253 e. The third kappa shape index (κ3) is 1.20. The van der Waals surface area contributed by atoms with Crippen LogP contribution in [0.1, 0.15) is 0 Å². The maximum atomic E-state index is 5.58. The Morgan fingerprint density at radius 1 is 1.75 bits per heavy atom. The third-order valence-electron chi connectivity index (χ3n) is 0.672. The summed E-state index contributed by atoms with van der Waals surface area (Å²) in [4.78, 5) is 3.66. The first-order valence-corrected chi connectivity index (χ1v) is 3.15. The zero-order valence-corrected chi connectivity index (χ0v) is 6.20. The second-order valence-corrected chi connectivity index (χ2v) is 2.49. The zero-order chi connectivity index (χ0) is 5.98. The van der Waals surface area contributed by atoms with Crippen molar-refractivity contribution >= 4 is 27.5 Å². The van der Waals surface area contributed by atoms with Crippen LogP contribution in [0, 0.1) is 6.20 Å². The van der Waals surface area contributed by atoms with Gasteiger partial charge in [0.1, 0.15) is 0 Å². The van der Waals surface area contributed by atoms with Gasteiger partial charge in [-0.15, -0.1) is 0 Å². The van der Waals surface area contributed by atoms with Crippen molar-refractivity contribution in [2.24, 2.45) is 0 Å².